The van der Waals surface area contributed by atoms with Crippen LogP contribution in [0.3, 0.4) is 0 Å². The Bertz CT molecular complexity index is 323. The van der Waals surface area contributed by atoms with Gasteiger partial charge in [-0.05, 0) is 25.1 Å². The fourth-order valence-electron chi connectivity index (χ4n) is 1.11. The first-order valence-electron chi connectivity index (χ1n) is 4.46. The minimum atomic E-state index is 0.809. The van der Waals surface area contributed by atoms with Crippen LogP contribution in [0.15, 0.2) is 34.8 Å². The lowest BCUT2D eigenvalue weighted by atomic mass is 10.3. The summed E-state index contributed by atoms with van der Waals surface area (Å²) in [5, 5.41) is 3.26. The van der Waals surface area contributed by atoms with Crippen molar-refractivity contribution in [3.8, 4) is 5.75 Å². The van der Waals surface area contributed by atoms with Crippen LogP contribution in [0.25, 0.3) is 0 Å². The maximum absolute atomic E-state index is 5.22. The highest BCUT2D eigenvalue weighted by Gasteiger charge is 2.01. The van der Waals surface area contributed by atoms with E-state index in [1.165, 1.54) is 0 Å². The molecule has 0 saturated carbocycles. The largest absolute Gasteiger partial charge is 0.495 e. The lowest BCUT2D eigenvalue weighted by Crippen LogP contribution is -2.00. The zero-order valence-electron chi connectivity index (χ0n) is 8.38. The molecule has 1 N–H and O–H groups in total. The first-order valence-corrected chi connectivity index (χ1v) is 5.25. The van der Waals surface area contributed by atoms with Gasteiger partial charge < -0.3 is 10.1 Å². The summed E-state index contributed by atoms with van der Waals surface area (Å²) in [6, 6.07) is 5.89. The van der Waals surface area contributed by atoms with Gasteiger partial charge in [-0.1, -0.05) is 28.1 Å². The topological polar surface area (TPSA) is 21.3 Å². The van der Waals surface area contributed by atoms with Crippen LogP contribution in [0.4, 0.5) is 5.69 Å². The molecule has 1 aromatic carbocycles. The lowest BCUT2D eigenvalue weighted by Gasteiger charge is -2.09. The number of benzene rings is 1. The zero-order valence-corrected chi connectivity index (χ0v) is 9.97. The molecule has 0 aromatic heterocycles. The molecule has 0 saturated heterocycles. The average Bonchev–Trinajstić information content (AvgIpc) is 2.19. The van der Waals surface area contributed by atoms with E-state index in [9.17, 15) is 0 Å². The molecule has 0 unspecified atom stereocenters. The maximum Gasteiger partial charge on any atom is 0.142 e. The molecule has 0 aliphatic heterocycles. The van der Waals surface area contributed by atoms with Crippen molar-refractivity contribution in [2.45, 2.75) is 6.92 Å². The van der Waals surface area contributed by atoms with Crippen molar-refractivity contribution in [3.63, 3.8) is 0 Å². The highest BCUT2D eigenvalue weighted by Crippen LogP contribution is 2.27. The molecule has 3 heteroatoms. The third kappa shape index (κ3) is 3.07. The summed E-state index contributed by atoms with van der Waals surface area (Å²) in [6.45, 7) is 2.81. The predicted molar refractivity (Wildman–Crippen MR) is 64.0 cm³/mol. The van der Waals surface area contributed by atoms with Crippen LogP contribution in [0.1, 0.15) is 6.92 Å². The smallest absolute Gasteiger partial charge is 0.142 e. The minimum Gasteiger partial charge on any atom is -0.495 e. The number of allylic oxidation sites excluding steroid dienone is 1. The molecule has 14 heavy (non-hydrogen) atoms. The number of rotatable bonds is 4. The van der Waals surface area contributed by atoms with Crippen molar-refractivity contribution in [2.75, 3.05) is 19.0 Å². The van der Waals surface area contributed by atoms with Crippen LogP contribution in [0.5, 0.6) is 5.75 Å². The summed E-state index contributed by atoms with van der Waals surface area (Å²) in [7, 11) is 1.67. The van der Waals surface area contributed by atoms with Gasteiger partial charge in [-0.15, -0.1) is 0 Å². The highest BCUT2D eigenvalue weighted by molar-refractivity contribution is 9.10. The van der Waals surface area contributed by atoms with Crippen molar-refractivity contribution in [1.82, 2.24) is 0 Å². The Balaban J connectivity index is 2.76. The Labute approximate surface area is 93.1 Å². The number of nitrogens with one attached hydrogen (secondary N) is 1. The minimum absolute atomic E-state index is 0.809. The normalized spacial score (nSPS) is 10.5. The third-order valence-corrected chi connectivity index (χ3v) is 2.30. The van der Waals surface area contributed by atoms with E-state index < -0.39 is 0 Å². The number of hydrogen-bond donors (Lipinski definition) is 1. The molecule has 2 nitrogen and oxygen atoms in total. The van der Waals surface area contributed by atoms with Crippen LogP contribution in [-0.4, -0.2) is 13.7 Å². The van der Waals surface area contributed by atoms with Crippen LogP contribution >= 0.6 is 15.9 Å². The van der Waals surface area contributed by atoms with E-state index in [1.54, 1.807) is 7.11 Å². The van der Waals surface area contributed by atoms with Crippen molar-refractivity contribution in [1.29, 1.82) is 0 Å². The van der Waals surface area contributed by atoms with Crippen molar-refractivity contribution in [2.24, 2.45) is 0 Å². The fraction of sp³-hybridized carbons (Fsp3) is 0.273. The summed E-state index contributed by atoms with van der Waals surface area (Å²) in [6.07, 6.45) is 4.07. The number of methoxy groups -OCH3 is 1. The van der Waals surface area contributed by atoms with Gasteiger partial charge >= 0.3 is 0 Å². The summed E-state index contributed by atoms with van der Waals surface area (Å²) < 4.78 is 6.27. The summed E-state index contributed by atoms with van der Waals surface area (Å²) in [5.41, 5.74) is 1.000. The average molecular weight is 256 g/mol. The SMILES string of the molecule is C/C=C/CNc1cc(Br)ccc1OC. The van der Waals surface area contributed by atoms with Gasteiger partial charge in [0.05, 0.1) is 12.8 Å². The molecule has 0 spiro atoms. The van der Waals surface area contributed by atoms with Gasteiger partial charge in [0, 0.05) is 11.0 Å². The molecule has 0 fully saturated rings. The van der Waals surface area contributed by atoms with Gasteiger partial charge in [0.1, 0.15) is 5.75 Å². The van der Waals surface area contributed by atoms with Crippen LogP contribution in [-0.2, 0) is 0 Å². The Hall–Kier alpha value is -0.960. The van der Waals surface area contributed by atoms with E-state index in [-0.39, 0.29) is 0 Å². The van der Waals surface area contributed by atoms with Gasteiger partial charge in [0.15, 0.2) is 0 Å². The lowest BCUT2D eigenvalue weighted by molar-refractivity contribution is 0.416. The van der Waals surface area contributed by atoms with Crippen molar-refractivity contribution < 1.29 is 4.74 Å². The molecular weight excluding hydrogens is 242 g/mol. The standard InChI is InChI=1S/C11H14BrNO/c1-3-4-7-13-10-8-9(12)5-6-11(10)14-2/h3-6,8,13H,7H2,1-2H3/b4-3+. The number of anilines is 1. The quantitative estimate of drug-likeness (QED) is 0.833. The van der Waals surface area contributed by atoms with Gasteiger partial charge in [0.2, 0.25) is 0 Å². The first-order chi connectivity index (χ1) is 6.77. The molecule has 0 aliphatic rings. The monoisotopic (exact) mass is 255 g/mol. The van der Waals surface area contributed by atoms with E-state index in [1.807, 2.05) is 31.2 Å². The van der Waals surface area contributed by atoms with Crippen LogP contribution in [0, 0.1) is 0 Å². The molecule has 76 valence electrons. The molecule has 0 radical (unpaired) electrons. The van der Waals surface area contributed by atoms with E-state index in [4.69, 9.17) is 4.74 Å². The predicted octanol–water partition coefficient (Wildman–Crippen LogP) is 3.45. The molecule has 0 atom stereocenters. The molecule has 1 rings (SSSR count). The maximum atomic E-state index is 5.22. The number of halogens is 1. The first kappa shape index (κ1) is 11.1. The Morgan fingerprint density at radius 1 is 1.50 bits per heavy atom. The summed E-state index contributed by atoms with van der Waals surface area (Å²) in [4.78, 5) is 0. The molecular formula is C11H14BrNO. The third-order valence-electron chi connectivity index (χ3n) is 1.81. The fourth-order valence-corrected chi connectivity index (χ4v) is 1.47. The second-order valence-electron chi connectivity index (χ2n) is 2.79. The van der Waals surface area contributed by atoms with Crippen molar-refractivity contribution >= 4 is 21.6 Å². The second kappa shape index (κ2) is 5.70. The number of hydrogen-bond acceptors (Lipinski definition) is 2. The molecule has 0 heterocycles. The van der Waals surface area contributed by atoms with E-state index in [0.29, 0.717) is 0 Å². The molecule has 0 aliphatic carbocycles. The van der Waals surface area contributed by atoms with Crippen LogP contribution < -0.4 is 10.1 Å². The summed E-state index contributed by atoms with van der Waals surface area (Å²) >= 11 is 3.42. The van der Waals surface area contributed by atoms with Crippen molar-refractivity contribution in [3.05, 3.63) is 34.8 Å². The second-order valence-corrected chi connectivity index (χ2v) is 3.71. The molecule has 0 amide bonds. The van der Waals surface area contributed by atoms with Gasteiger partial charge in [-0.2, -0.15) is 0 Å². The van der Waals surface area contributed by atoms with Gasteiger partial charge in [-0.3, -0.25) is 0 Å². The number of ether oxygens (including phenoxy) is 1. The van der Waals surface area contributed by atoms with Gasteiger partial charge in [0.25, 0.3) is 0 Å². The Kier molecular flexibility index (Phi) is 4.53. The Morgan fingerprint density at radius 2 is 2.29 bits per heavy atom. The van der Waals surface area contributed by atoms with E-state index >= 15 is 0 Å². The Morgan fingerprint density at radius 3 is 2.93 bits per heavy atom. The molecule has 1 aromatic rings. The summed E-state index contributed by atoms with van der Waals surface area (Å²) in [5.74, 6) is 0.859. The van der Waals surface area contributed by atoms with Crippen LogP contribution in [0.2, 0.25) is 0 Å². The van der Waals surface area contributed by atoms with E-state index in [0.717, 1.165) is 22.5 Å². The van der Waals surface area contributed by atoms with E-state index in [2.05, 4.69) is 27.3 Å². The highest BCUT2D eigenvalue weighted by atomic mass is 79.9. The van der Waals surface area contributed by atoms with Gasteiger partial charge in [-0.25, -0.2) is 0 Å². The molecule has 0 bridgehead atoms. The zero-order chi connectivity index (χ0) is 10.4.